The Labute approximate surface area is 85.9 Å². The van der Waals surface area contributed by atoms with Crippen molar-refractivity contribution in [2.24, 2.45) is 0 Å². The summed E-state index contributed by atoms with van der Waals surface area (Å²) >= 11 is 0. The first kappa shape index (κ1) is 9.45. The molecule has 2 N–H and O–H groups in total. The number of hydrogen-bond acceptors (Lipinski definition) is 4. The smallest absolute Gasteiger partial charge is 0.266 e. The summed E-state index contributed by atoms with van der Waals surface area (Å²) in [5.74, 6) is 0. The fourth-order valence-electron chi connectivity index (χ4n) is 1.21. The van der Waals surface area contributed by atoms with Crippen LogP contribution in [0.25, 0.3) is 0 Å². The Hall–Kier alpha value is -2.11. The van der Waals surface area contributed by atoms with E-state index in [1.54, 1.807) is 17.1 Å². The molecule has 2 heterocycles. The molecular weight excluding hydrogens is 194 g/mol. The van der Waals surface area contributed by atoms with Gasteiger partial charge in [-0.1, -0.05) is 0 Å². The molecule has 6 nitrogen and oxygen atoms in total. The molecule has 6 heteroatoms. The zero-order valence-corrected chi connectivity index (χ0v) is 8.27. The van der Waals surface area contributed by atoms with Crippen LogP contribution in [-0.4, -0.2) is 20.0 Å². The molecular formula is C9H11N5O. The number of anilines is 2. The minimum Gasteiger partial charge on any atom is -0.351 e. The normalized spacial score (nSPS) is 10.2. The van der Waals surface area contributed by atoms with E-state index in [0.29, 0.717) is 5.69 Å². The Kier molecular flexibility index (Phi) is 2.49. The summed E-state index contributed by atoms with van der Waals surface area (Å²) in [4.78, 5) is 11.0. The van der Waals surface area contributed by atoms with Gasteiger partial charge in [-0.3, -0.25) is 9.48 Å². The summed E-state index contributed by atoms with van der Waals surface area (Å²) in [6, 6.07) is 1.44. The molecule has 0 atom stereocenters. The third-order valence-electron chi connectivity index (χ3n) is 1.91. The van der Waals surface area contributed by atoms with E-state index >= 15 is 0 Å². The molecule has 0 aliphatic carbocycles. The van der Waals surface area contributed by atoms with Gasteiger partial charge in [0, 0.05) is 18.8 Å². The second-order valence-electron chi connectivity index (χ2n) is 3.04. The molecule has 0 radical (unpaired) electrons. The summed E-state index contributed by atoms with van der Waals surface area (Å²) in [5, 5.41) is 13.1. The van der Waals surface area contributed by atoms with Crippen LogP contribution >= 0.6 is 0 Å². The molecule has 0 bridgehead atoms. The highest BCUT2D eigenvalue weighted by molar-refractivity contribution is 5.55. The Bertz CT molecular complexity index is 501. The van der Waals surface area contributed by atoms with E-state index in [-0.39, 0.29) is 5.56 Å². The van der Waals surface area contributed by atoms with Gasteiger partial charge in [0.2, 0.25) is 0 Å². The van der Waals surface area contributed by atoms with E-state index in [0.717, 1.165) is 12.2 Å². The van der Waals surface area contributed by atoms with Crippen LogP contribution in [-0.2, 0) is 6.54 Å². The van der Waals surface area contributed by atoms with Crippen molar-refractivity contribution in [2.45, 2.75) is 13.5 Å². The number of aromatic nitrogens is 4. The second-order valence-corrected chi connectivity index (χ2v) is 3.04. The summed E-state index contributed by atoms with van der Waals surface area (Å²) in [6.45, 7) is 2.82. The van der Waals surface area contributed by atoms with E-state index < -0.39 is 0 Å². The van der Waals surface area contributed by atoms with Gasteiger partial charge in [0.05, 0.1) is 23.8 Å². The largest absolute Gasteiger partial charge is 0.351 e. The molecule has 0 saturated carbocycles. The fourth-order valence-corrected chi connectivity index (χ4v) is 1.21. The van der Waals surface area contributed by atoms with Crippen molar-refractivity contribution in [3.05, 3.63) is 35.0 Å². The van der Waals surface area contributed by atoms with Crippen LogP contribution in [0.2, 0.25) is 0 Å². The van der Waals surface area contributed by atoms with Crippen molar-refractivity contribution in [2.75, 3.05) is 5.32 Å². The minimum absolute atomic E-state index is 0.233. The molecule has 0 aliphatic rings. The zero-order chi connectivity index (χ0) is 10.7. The van der Waals surface area contributed by atoms with Crippen molar-refractivity contribution in [3.63, 3.8) is 0 Å². The molecule has 2 aromatic heterocycles. The maximum Gasteiger partial charge on any atom is 0.266 e. The summed E-state index contributed by atoms with van der Waals surface area (Å²) in [5.41, 5.74) is 1.25. The molecule has 0 spiro atoms. The van der Waals surface area contributed by atoms with E-state index in [9.17, 15) is 4.79 Å². The molecule has 78 valence electrons. The van der Waals surface area contributed by atoms with Crippen molar-refractivity contribution in [3.8, 4) is 0 Å². The van der Waals surface area contributed by atoms with Gasteiger partial charge in [-0.05, 0) is 6.92 Å². The Morgan fingerprint density at radius 2 is 2.33 bits per heavy atom. The molecule has 0 aliphatic heterocycles. The number of nitrogens with one attached hydrogen (secondary N) is 2. The Balaban J connectivity index is 2.18. The van der Waals surface area contributed by atoms with Gasteiger partial charge in [-0.25, -0.2) is 5.10 Å². The first-order valence-electron chi connectivity index (χ1n) is 4.62. The molecule has 0 amide bonds. The summed E-state index contributed by atoms with van der Waals surface area (Å²) in [6.07, 6.45) is 5.11. The molecule has 0 aromatic carbocycles. The molecule has 0 saturated heterocycles. The lowest BCUT2D eigenvalue weighted by Gasteiger charge is -2.00. The number of rotatable bonds is 3. The minimum atomic E-state index is -0.233. The van der Waals surface area contributed by atoms with Crippen LogP contribution in [0.4, 0.5) is 11.4 Å². The quantitative estimate of drug-likeness (QED) is 0.774. The third kappa shape index (κ3) is 2.22. The van der Waals surface area contributed by atoms with Crippen LogP contribution in [0.1, 0.15) is 6.92 Å². The Morgan fingerprint density at radius 3 is 3.00 bits per heavy atom. The maximum absolute atomic E-state index is 11.0. The lowest BCUT2D eigenvalue weighted by molar-refractivity contribution is 0.660. The molecule has 2 aromatic rings. The van der Waals surface area contributed by atoms with E-state index in [1.807, 2.05) is 13.1 Å². The van der Waals surface area contributed by atoms with Crippen LogP contribution in [0, 0.1) is 0 Å². The van der Waals surface area contributed by atoms with E-state index in [2.05, 4.69) is 20.6 Å². The van der Waals surface area contributed by atoms with Gasteiger partial charge in [0.25, 0.3) is 5.56 Å². The van der Waals surface area contributed by atoms with Crippen LogP contribution < -0.4 is 10.9 Å². The van der Waals surface area contributed by atoms with Gasteiger partial charge in [-0.15, -0.1) is 0 Å². The predicted octanol–water partition coefficient (Wildman–Crippen LogP) is 0.730. The zero-order valence-electron chi connectivity index (χ0n) is 8.27. The van der Waals surface area contributed by atoms with Crippen molar-refractivity contribution < 1.29 is 0 Å². The third-order valence-corrected chi connectivity index (χ3v) is 1.91. The van der Waals surface area contributed by atoms with Gasteiger partial charge in [0.15, 0.2) is 0 Å². The highest BCUT2D eigenvalue weighted by atomic mass is 16.1. The number of H-pyrrole nitrogens is 1. The van der Waals surface area contributed by atoms with Gasteiger partial charge < -0.3 is 5.32 Å². The summed E-state index contributed by atoms with van der Waals surface area (Å²) < 4.78 is 1.79. The predicted molar refractivity (Wildman–Crippen MR) is 56.0 cm³/mol. The van der Waals surface area contributed by atoms with Crippen molar-refractivity contribution >= 4 is 11.4 Å². The highest BCUT2D eigenvalue weighted by Crippen LogP contribution is 2.11. The number of aryl methyl sites for hydroxylation is 1. The van der Waals surface area contributed by atoms with Crippen molar-refractivity contribution in [1.29, 1.82) is 0 Å². The molecule has 0 fully saturated rings. The lowest BCUT2D eigenvalue weighted by Crippen LogP contribution is -2.06. The fraction of sp³-hybridized carbons (Fsp3) is 0.222. The average molecular weight is 205 g/mol. The van der Waals surface area contributed by atoms with Crippen LogP contribution in [0.5, 0.6) is 0 Å². The van der Waals surface area contributed by atoms with E-state index in [4.69, 9.17) is 0 Å². The van der Waals surface area contributed by atoms with Crippen LogP contribution in [0.15, 0.2) is 29.5 Å². The number of nitrogens with zero attached hydrogens (tertiary/aromatic N) is 3. The standard InChI is InChI=1S/C9H11N5O/c1-2-14-6-8(5-11-14)12-7-3-9(15)13-10-4-7/h3-6H,2H2,1H3,(H2,12,13,15). The van der Waals surface area contributed by atoms with E-state index in [1.165, 1.54) is 6.07 Å². The molecule has 15 heavy (non-hydrogen) atoms. The second kappa shape index (κ2) is 3.95. The van der Waals surface area contributed by atoms with Crippen LogP contribution in [0.3, 0.4) is 0 Å². The average Bonchev–Trinajstić information content (AvgIpc) is 2.65. The Morgan fingerprint density at radius 1 is 1.47 bits per heavy atom. The first-order valence-corrected chi connectivity index (χ1v) is 4.62. The topological polar surface area (TPSA) is 75.6 Å². The maximum atomic E-state index is 11.0. The first-order chi connectivity index (χ1) is 7.28. The van der Waals surface area contributed by atoms with Gasteiger partial charge >= 0.3 is 0 Å². The van der Waals surface area contributed by atoms with Gasteiger partial charge in [0.1, 0.15) is 0 Å². The van der Waals surface area contributed by atoms with Crippen molar-refractivity contribution in [1.82, 2.24) is 20.0 Å². The highest BCUT2D eigenvalue weighted by Gasteiger charge is 1.98. The lowest BCUT2D eigenvalue weighted by atomic mass is 10.4. The summed E-state index contributed by atoms with van der Waals surface area (Å²) in [7, 11) is 0. The molecule has 2 rings (SSSR count). The SMILES string of the molecule is CCn1cc(Nc2cn[nH]c(=O)c2)cn1. The number of hydrogen-bond donors (Lipinski definition) is 2. The monoisotopic (exact) mass is 205 g/mol. The molecule has 0 unspecified atom stereocenters. The van der Waals surface area contributed by atoms with Gasteiger partial charge in [-0.2, -0.15) is 10.2 Å². The number of aromatic amines is 1.